The lowest BCUT2D eigenvalue weighted by Gasteiger charge is -2.10. The fraction of sp³-hybridized carbons (Fsp3) is 0.154. The summed E-state index contributed by atoms with van der Waals surface area (Å²) in [5.41, 5.74) is 2.97. The third-order valence-electron chi connectivity index (χ3n) is 2.41. The Balaban J connectivity index is 2.29. The summed E-state index contributed by atoms with van der Waals surface area (Å²) in [5.74, 6) is 0. The predicted octanol–water partition coefficient (Wildman–Crippen LogP) is 2.47. The molecular weight excluding hydrogens is 186 g/mol. The number of benzene rings is 1. The summed E-state index contributed by atoms with van der Waals surface area (Å²) in [7, 11) is 0. The lowest BCUT2D eigenvalue weighted by molar-refractivity contribution is 0.220. The molecule has 0 unspecified atom stereocenters. The van der Waals surface area contributed by atoms with E-state index >= 15 is 0 Å². The van der Waals surface area contributed by atoms with Crippen LogP contribution in [0.5, 0.6) is 0 Å². The van der Waals surface area contributed by atoms with E-state index in [1.807, 2.05) is 43.3 Å². The van der Waals surface area contributed by atoms with Gasteiger partial charge in [0.1, 0.15) is 6.10 Å². The predicted molar refractivity (Wildman–Crippen MR) is 59.5 cm³/mol. The van der Waals surface area contributed by atoms with Gasteiger partial charge < -0.3 is 5.11 Å². The van der Waals surface area contributed by atoms with Gasteiger partial charge in [0.05, 0.1) is 0 Å². The number of pyridine rings is 1. The highest BCUT2D eigenvalue weighted by Gasteiger charge is 2.08. The molecule has 1 heterocycles. The zero-order valence-corrected chi connectivity index (χ0v) is 8.59. The van der Waals surface area contributed by atoms with E-state index in [0.717, 1.165) is 11.1 Å². The molecule has 0 aliphatic carbocycles. The highest BCUT2D eigenvalue weighted by Crippen LogP contribution is 2.21. The molecule has 76 valence electrons. The number of aliphatic hydroxyl groups is 1. The number of rotatable bonds is 2. The first-order valence-electron chi connectivity index (χ1n) is 4.92. The lowest BCUT2D eigenvalue weighted by atomic mass is 10.0. The molecule has 2 aromatic rings. The average molecular weight is 199 g/mol. The first-order valence-corrected chi connectivity index (χ1v) is 4.92. The smallest absolute Gasteiger partial charge is 0.104 e. The first kappa shape index (κ1) is 9.87. The minimum absolute atomic E-state index is 0.561. The van der Waals surface area contributed by atoms with Crippen LogP contribution in [0.3, 0.4) is 0 Å². The molecule has 0 fully saturated rings. The second-order valence-electron chi connectivity index (χ2n) is 3.59. The molecule has 0 saturated heterocycles. The van der Waals surface area contributed by atoms with Crippen LogP contribution in [0.25, 0.3) is 0 Å². The SMILES string of the molecule is Cc1ccc([C@H](O)c2ccncc2)cc1. The maximum Gasteiger partial charge on any atom is 0.104 e. The van der Waals surface area contributed by atoms with Gasteiger partial charge in [-0.1, -0.05) is 29.8 Å². The normalized spacial score (nSPS) is 12.4. The minimum Gasteiger partial charge on any atom is -0.384 e. The Kier molecular flexibility index (Phi) is 2.79. The van der Waals surface area contributed by atoms with Gasteiger partial charge in [-0.2, -0.15) is 0 Å². The summed E-state index contributed by atoms with van der Waals surface area (Å²) in [6.45, 7) is 2.03. The molecule has 1 atom stereocenters. The van der Waals surface area contributed by atoms with E-state index in [2.05, 4.69) is 4.98 Å². The third-order valence-corrected chi connectivity index (χ3v) is 2.41. The Bertz CT molecular complexity index is 422. The molecule has 0 radical (unpaired) electrons. The van der Waals surface area contributed by atoms with E-state index in [0.29, 0.717) is 0 Å². The van der Waals surface area contributed by atoms with Crippen molar-refractivity contribution < 1.29 is 5.11 Å². The summed E-state index contributed by atoms with van der Waals surface area (Å²) in [6, 6.07) is 11.5. The van der Waals surface area contributed by atoms with Gasteiger partial charge in [-0.05, 0) is 30.2 Å². The Hall–Kier alpha value is -1.67. The maximum atomic E-state index is 10.1. The molecule has 15 heavy (non-hydrogen) atoms. The molecule has 1 aromatic heterocycles. The van der Waals surface area contributed by atoms with Crippen molar-refractivity contribution in [1.82, 2.24) is 4.98 Å². The van der Waals surface area contributed by atoms with E-state index in [-0.39, 0.29) is 0 Å². The Morgan fingerprint density at radius 2 is 1.47 bits per heavy atom. The molecule has 1 aromatic carbocycles. The van der Waals surface area contributed by atoms with Gasteiger partial charge in [-0.3, -0.25) is 4.98 Å². The summed E-state index contributed by atoms with van der Waals surface area (Å²) in [6.07, 6.45) is 2.81. The lowest BCUT2D eigenvalue weighted by Crippen LogP contribution is -1.99. The van der Waals surface area contributed by atoms with Gasteiger partial charge >= 0.3 is 0 Å². The van der Waals surface area contributed by atoms with E-state index < -0.39 is 6.10 Å². The largest absolute Gasteiger partial charge is 0.384 e. The second-order valence-corrected chi connectivity index (χ2v) is 3.59. The van der Waals surface area contributed by atoms with Crippen LogP contribution in [-0.2, 0) is 0 Å². The van der Waals surface area contributed by atoms with Crippen molar-refractivity contribution in [3.05, 3.63) is 65.5 Å². The van der Waals surface area contributed by atoms with E-state index in [1.165, 1.54) is 5.56 Å². The highest BCUT2D eigenvalue weighted by molar-refractivity contribution is 5.30. The van der Waals surface area contributed by atoms with E-state index in [9.17, 15) is 5.11 Å². The summed E-state index contributed by atoms with van der Waals surface area (Å²) in [4.78, 5) is 3.92. The van der Waals surface area contributed by atoms with Crippen LogP contribution in [0.2, 0.25) is 0 Å². The Labute approximate surface area is 89.2 Å². The van der Waals surface area contributed by atoms with Crippen LogP contribution in [0.1, 0.15) is 22.8 Å². The molecule has 2 rings (SSSR count). The molecular formula is C13H13NO. The third kappa shape index (κ3) is 2.22. The maximum absolute atomic E-state index is 10.1. The first-order chi connectivity index (χ1) is 7.27. The number of hydrogen-bond donors (Lipinski definition) is 1. The number of hydrogen-bond acceptors (Lipinski definition) is 2. The fourth-order valence-corrected chi connectivity index (χ4v) is 1.49. The Morgan fingerprint density at radius 1 is 0.933 bits per heavy atom. The molecule has 0 amide bonds. The van der Waals surface area contributed by atoms with Crippen LogP contribution < -0.4 is 0 Å². The highest BCUT2D eigenvalue weighted by atomic mass is 16.3. The number of aryl methyl sites for hydroxylation is 1. The average Bonchev–Trinajstić information content (AvgIpc) is 2.30. The quantitative estimate of drug-likeness (QED) is 0.806. The van der Waals surface area contributed by atoms with Crippen molar-refractivity contribution in [2.24, 2.45) is 0 Å². The fourth-order valence-electron chi connectivity index (χ4n) is 1.49. The van der Waals surface area contributed by atoms with Crippen LogP contribution >= 0.6 is 0 Å². The van der Waals surface area contributed by atoms with Gasteiger partial charge in [0.25, 0.3) is 0 Å². The number of aliphatic hydroxyl groups excluding tert-OH is 1. The van der Waals surface area contributed by atoms with Gasteiger partial charge in [0.15, 0.2) is 0 Å². The molecule has 0 spiro atoms. The zero-order chi connectivity index (χ0) is 10.7. The molecule has 1 N–H and O–H groups in total. The van der Waals surface area contributed by atoms with Crippen LogP contribution in [0, 0.1) is 6.92 Å². The van der Waals surface area contributed by atoms with Crippen molar-refractivity contribution in [2.75, 3.05) is 0 Å². The standard InChI is InChI=1S/C13H13NO/c1-10-2-4-11(5-3-10)13(15)12-6-8-14-9-7-12/h2-9,13,15H,1H3/t13-/m0/s1. The van der Waals surface area contributed by atoms with Crippen LogP contribution in [0.4, 0.5) is 0 Å². The number of aromatic nitrogens is 1. The van der Waals surface area contributed by atoms with Crippen molar-refractivity contribution in [2.45, 2.75) is 13.0 Å². The van der Waals surface area contributed by atoms with Crippen molar-refractivity contribution >= 4 is 0 Å². The molecule has 0 saturated carbocycles. The molecule has 0 bridgehead atoms. The van der Waals surface area contributed by atoms with Crippen molar-refractivity contribution in [3.63, 3.8) is 0 Å². The Morgan fingerprint density at radius 3 is 2.07 bits per heavy atom. The van der Waals surface area contributed by atoms with Crippen LogP contribution in [-0.4, -0.2) is 10.1 Å². The number of nitrogens with zero attached hydrogens (tertiary/aromatic N) is 1. The molecule has 0 aliphatic rings. The summed E-state index contributed by atoms with van der Waals surface area (Å²) >= 11 is 0. The van der Waals surface area contributed by atoms with Gasteiger partial charge in [0.2, 0.25) is 0 Å². The zero-order valence-electron chi connectivity index (χ0n) is 8.59. The second kappa shape index (κ2) is 4.24. The van der Waals surface area contributed by atoms with Gasteiger partial charge in [0, 0.05) is 12.4 Å². The topological polar surface area (TPSA) is 33.1 Å². The van der Waals surface area contributed by atoms with Crippen molar-refractivity contribution in [3.8, 4) is 0 Å². The molecule has 0 aliphatic heterocycles. The van der Waals surface area contributed by atoms with Gasteiger partial charge in [-0.15, -0.1) is 0 Å². The summed E-state index contributed by atoms with van der Waals surface area (Å²) < 4.78 is 0. The van der Waals surface area contributed by atoms with E-state index in [4.69, 9.17) is 0 Å². The minimum atomic E-state index is -0.561. The van der Waals surface area contributed by atoms with Crippen LogP contribution in [0.15, 0.2) is 48.8 Å². The van der Waals surface area contributed by atoms with Gasteiger partial charge in [-0.25, -0.2) is 0 Å². The molecule has 2 heteroatoms. The summed E-state index contributed by atoms with van der Waals surface area (Å²) in [5, 5.41) is 10.1. The molecule has 2 nitrogen and oxygen atoms in total. The van der Waals surface area contributed by atoms with Crippen molar-refractivity contribution in [1.29, 1.82) is 0 Å². The monoisotopic (exact) mass is 199 g/mol. The van der Waals surface area contributed by atoms with E-state index in [1.54, 1.807) is 12.4 Å².